The summed E-state index contributed by atoms with van der Waals surface area (Å²) in [6, 6.07) is 9.43. The first-order chi connectivity index (χ1) is 17.0. The minimum Gasteiger partial charge on any atom is -0.354 e. The van der Waals surface area contributed by atoms with Crippen LogP contribution in [0.4, 0.5) is 10.1 Å². The number of hydrogen-bond acceptors (Lipinski definition) is 4. The lowest BCUT2D eigenvalue weighted by molar-refractivity contribution is -0.141. The maximum atomic E-state index is 13.4. The van der Waals surface area contributed by atoms with Gasteiger partial charge in [-0.2, -0.15) is 0 Å². The molecule has 0 saturated carbocycles. The first-order valence-electron chi connectivity index (χ1n) is 11.7. The van der Waals surface area contributed by atoms with Gasteiger partial charge in [0, 0.05) is 26.1 Å². The van der Waals surface area contributed by atoms with E-state index in [2.05, 4.69) is 5.32 Å². The van der Waals surface area contributed by atoms with Gasteiger partial charge in [0.1, 0.15) is 11.9 Å². The molecule has 11 heteroatoms. The quantitative estimate of drug-likeness (QED) is 0.373. The van der Waals surface area contributed by atoms with Crippen LogP contribution < -0.4 is 9.62 Å². The molecule has 198 valence electrons. The first-order valence-corrected chi connectivity index (χ1v) is 14.3. The highest BCUT2D eigenvalue weighted by molar-refractivity contribution is 7.92. The van der Waals surface area contributed by atoms with Crippen molar-refractivity contribution in [1.29, 1.82) is 0 Å². The summed E-state index contributed by atoms with van der Waals surface area (Å²) in [4.78, 5) is 27.7. The van der Waals surface area contributed by atoms with Crippen molar-refractivity contribution in [2.24, 2.45) is 0 Å². The fourth-order valence-electron chi connectivity index (χ4n) is 3.73. The van der Waals surface area contributed by atoms with E-state index < -0.39 is 21.9 Å². The van der Waals surface area contributed by atoms with Crippen LogP contribution in [0.15, 0.2) is 42.5 Å². The van der Waals surface area contributed by atoms with Crippen LogP contribution in [0.3, 0.4) is 0 Å². The van der Waals surface area contributed by atoms with Gasteiger partial charge in [-0.3, -0.25) is 13.9 Å². The normalized spacial score (nSPS) is 12.2. The number of nitrogens with one attached hydrogen (secondary N) is 1. The number of hydrogen-bond donors (Lipinski definition) is 1. The molecule has 0 aromatic heterocycles. The number of amides is 2. The molecule has 1 N–H and O–H groups in total. The average Bonchev–Trinajstić information content (AvgIpc) is 2.82. The lowest BCUT2D eigenvalue weighted by Crippen LogP contribution is -2.49. The summed E-state index contributed by atoms with van der Waals surface area (Å²) >= 11 is 12.2. The third kappa shape index (κ3) is 8.64. The van der Waals surface area contributed by atoms with Gasteiger partial charge in [-0.25, -0.2) is 12.8 Å². The van der Waals surface area contributed by atoms with Crippen LogP contribution in [0.2, 0.25) is 10.0 Å². The summed E-state index contributed by atoms with van der Waals surface area (Å²) in [7, 11) is -3.66. The Morgan fingerprint density at radius 1 is 1.06 bits per heavy atom. The highest BCUT2D eigenvalue weighted by Crippen LogP contribution is 2.25. The number of rotatable bonds is 13. The number of halogens is 3. The Morgan fingerprint density at radius 3 is 2.28 bits per heavy atom. The molecule has 0 radical (unpaired) electrons. The Morgan fingerprint density at radius 2 is 1.72 bits per heavy atom. The summed E-state index contributed by atoms with van der Waals surface area (Å²) in [5, 5.41) is 3.57. The highest BCUT2D eigenvalue weighted by atomic mass is 35.5. The van der Waals surface area contributed by atoms with Gasteiger partial charge >= 0.3 is 0 Å². The molecular weight excluding hydrogens is 528 g/mol. The van der Waals surface area contributed by atoms with Crippen LogP contribution in [0.25, 0.3) is 0 Å². The summed E-state index contributed by atoms with van der Waals surface area (Å²) < 4.78 is 39.1. The number of carbonyl (C=O) groups excluding carboxylic acids is 2. The molecule has 36 heavy (non-hydrogen) atoms. The molecule has 2 amide bonds. The minimum absolute atomic E-state index is 0.00605. The van der Waals surface area contributed by atoms with Crippen molar-refractivity contribution in [1.82, 2.24) is 10.2 Å². The Kier molecular flexibility index (Phi) is 11.5. The Labute approximate surface area is 222 Å². The number of sulfonamides is 1. The van der Waals surface area contributed by atoms with E-state index in [9.17, 15) is 22.4 Å². The third-order valence-electron chi connectivity index (χ3n) is 5.54. The lowest BCUT2D eigenvalue weighted by atomic mass is 10.1. The zero-order valence-corrected chi connectivity index (χ0v) is 23.0. The van der Waals surface area contributed by atoms with Gasteiger partial charge in [0.25, 0.3) is 0 Å². The van der Waals surface area contributed by atoms with Gasteiger partial charge < -0.3 is 10.2 Å². The molecule has 0 fully saturated rings. The topological polar surface area (TPSA) is 86.8 Å². The second kappa shape index (κ2) is 13.8. The second-order valence-electron chi connectivity index (χ2n) is 8.40. The highest BCUT2D eigenvalue weighted by Gasteiger charge is 2.29. The molecule has 1 atom stereocenters. The monoisotopic (exact) mass is 559 g/mol. The largest absolute Gasteiger partial charge is 0.354 e. The van der Waals surface area contributed by atoms with Crippen molar-refractivity contribution >= 4 is 50.7 Å². The average molecular weight is 561 g/mol. The van der Waals surface area contributed by atoms with E-state index in [1.54, 1.807) is 18.2 Å². The lowest BCUT2D eigenvalue weighted by Gasteiger charge is -2.31. The van der Waals surface area contributed by atoms with Crippen molar-refractivity contribution < 1.29 is 22.4 Å². The fraction of sp³-hybridized carbons (Fsp3) is 0.440. The SMILES string of the molecule is CCCNC(=O)[C@@H](CC)N(Cc1ccc(Cl)c(Cl)c1)C(=O)CCCN(c1ccc(F)cc1)S(C)(=O)=O. The number of anilines is 1. The standard InChI is InChI=1S/C25H32Cl2FN3O4S/c1-4-14-29-25(33)23(5-2)30(17-18-8-13-21(26)22(27)16-18)24(32)7-6-15-31(36(3,34)35)20-11-9-19(28)10-12-20/h8-13,16,23H,4-7,14-15,17H2,1-3H3,(H,29,33)/t23-/m1/s1. The predicted molar refractivity (Wildman–Crippen MR) is 142 cm³/mol. The number of carbonyl (C=O) groups is 2. The number of nitrogens with zero attached hydrogens (tertiary/aromatic N) is 2. The molecule has 0 spiro atoms. The molecule has 0 aliphatic heterocycles. The van der Waals surface area contributed by atoms with Crippen molar-refractivity contribution in [3.63, 3.8) is 0 Å². The van der Waals surface area contributed by atoms with Gasteiger partial charge in [-0.15, -0.1) is 0 Å². The molecule has 2 rings (SSSR count). The molecule has 0 heterocycles. The van der Waals surface area contributed by atoms with Crippen LogP contribution in [0.1, 0.15) is 45.1 Å². The zero-order valence-electron chi connectivity index (χ0n) is 20.6. The van der Waals surface area contributed by atoms with Gasteiger partial charge in [0.15, 0.2) is 0 Å². The van der Waals surface area contributed by atoms with Crippen LogP contribution in [-0.2, 0) is 26.2 Å². The minimum atomic E-state index is -3.66. The van der Waals surface area contributed by atoms with E-state index in [4.69, 9.17) is 23.2 Å². The second-order valence-corrected chi connectivity index (χ2v) is 11.1. The smallest absolute Gasteiger partial charge is 0.242 e. The van der Waals surface area contributed by atoms with E-state index in [-0.39, 0.29) is 37.7 Å². The van der Waals surface area contributed by atoms with Gasteiger partial charge in [-0.05, 0) is 61.2 Å². The van der Waals surface area contributed by atoms with E-state index in [1.165, 1.54) is 29.2 Å². The van der Waals surface area contributed by atoms with E-state index in [0.717, 1.165) is 17.0 Å². The number of benzene rings is 2. The molecule has 0 aliphatic rings. The molecule has 7 nitrogen and oxygen atoms in total. The van der Waals surface area contributed by atoms with E-state index in [0.29, 0.717) is 34.3 Å². The van der Waals surface area contributed by atoms with Crippen molar-refractivity contribution in [2.45, 2.75) is 52.1 Å². The Balaban J connectivity index is 2.22. The zero-order chi connectivity index (χ0) is 26.9. The van der Waals surface area contributed by atoms with E-state index in [1.807, 2.05) is 13.8 Å². The van der Waals surface area contributed by atoms with Crippen LogP contribution in [0.5, 0.6) is 0 Å². The van der Waals surface area contributed by atoms with Crippen LogP contribution in [0, 0.1) is 5.82 Å². The Bertz CT molecular complexity index is 1150. The van der Waals surface area contributed by atoms with Crippen molar-refractivity contribution in [3.05, 3.63) is 63.9 Å². The first kappa shape index (κ1) is 29.9. The predicted octanol–water partition coefficient (Wildman–Crippen LogP) is 5.01. The van der Waals surface area contributed by atoms with Crippen LogP contribution >= 0.6 is 23.2 Å². The van der Waals surface area contributed by atoms with Gasteiger partial charge in [0.2, 0.25) is 21.8 Å². The van der Waals surface area contributed by atoms with Gasteiger partial charge in [-0.1, -0.05) is 43.1 Å². The molecule has 2 aromatic rings. The molecule has 0 aliphatic carbocycles. The van der Waals surface area contributed by atoms with Crippen molar-refractivity contribution in [2.75, 3.05) is 23.7 Å². The Hall–Kier alpha value is -2.36. The molecular formula is C25H32Cl2FN3O4S. The van der Waals surface area contributed by atoms with E-state index >= 15 is 0 Å². The summed E-state index contributed by atoms with van der Waals surface area (Å²) in [6.45, 7) is 4.42. The van der Waals surface area contributed by atoms with Crippen molar-refractivity contribution in [3.8, 4) is 0 Å². The summed E-state index contributed by atoms with van der Waals surface area (Å²) in [5.74, 6) is -1.03. The van der Waals surface area contributed by atoms with Crippen LogP contribution in [-0.4, -0.2) is 50.5 Å². The molecule has 0 unspecified atom stereocenters. The molecule has 0 bridgehead atoms. The molecule has 0 saturated heterocycles. The maximum absolute atomic E-state index is 13.4. The molecule has 2 aromatic carbocycles. The summed E-state index contributed by atoms with van der Waals surface area (Å²) in [5.41, 5.74) is 1.02. The summed E-state index contributed by atoms with van der Waals surface area (Å²) in [6.07, 6.45) is 2.42. The van der Waals surface area contributed by atoms with Gasteiger partial charge in [0.05, 0.1) is 22.0 Å². The third-order valence-corrected chi connectivity index (χ3v) is 7.47. The fourth-order valence-corrected chi connectivity index (χ4v) is 5.02. The maximum Gasteiger partial charge on any atom is 0.242 e.